The fourth-order valence-electron chi connectivity index (χ4n) is 8.65. The molecule has 7 atom stereocenters. The monoisotopic (exact) mass is 402 g/mol. The average molecular weight is 403 g/mol. The number of hydrogen-bond acceptors (Lipinski definition) is 2. The van der Waals surface area contributed by atoms with Crippen LogP contribution in [-0.2, 0) is 0 Å². The minimum absolute atomic E-state index is 0.209. The standard InChI is InChI=1S/C27H46O2/c1-18(2)7-6-8-19(3)22-11-12-23-21-10-9-20-17-27(28,29)16-15-25(20,4)24(21)13-14-26(22,23)5/h9,18-19,21-24,28-29H,6-8,10-17H2,1-5H3. The quantitative estimate of drug-likeness (QED) is 0.396. The van der Waals surface area contributed by atoms with Crippen molar-refractivity contribution < 1.29 is 10.2 Å². The molecule has 166 valence electrons. The van der Waals surface area contributed by atoms with E-state index in [1.165, 1.54) is 56.9 Å². The first-order chi connectivity index (χ1) is 13.6. The summed E-state index contributed by atoms with van der Waals surface area (Å²) in [5.41, 5.74) is 2.10. The summed E-state index contributed by atoms with van der Waals surface area (Å²) in [6.45, 7) is 12.4. The summed E-state index contributed by atoms with van der Waals surface area (Å²) in [6, 6.07) is 0. The lowest BCUT2D eigenvalue weighted by Gasteiger charge is -2.59. The molecule has 2 nitrogen and oxygen atoms in total. The lowest BCUT2D eigenvalue weighted by Crippen LogP contribution is -2.52. The predicted molar refractivity (Wildman–Crippen MR) is 120 cm³/mol. The predicted octanol–water partition coefficient (Wildman–Crippen LogP) is 6.71. The maximum atomic E-state index is 10.2. The van der Waals surface area contributed by atoms with Gasteiger partial charge in [-0.25, -0.2) is 0 Å². The van der Waals surface area contributed by atoms with Gasteiger partial charge in [0.25, 0.3) is 0 Å². The van der Waals surface area contributed by atoms with Gasteiger partial charge in [-0.3, -0.25) is 0 Å². The number of fused-ring (bicyclic) bond motifs is 5. The van der Waals surface area contributed by atoms with E-state index in [2.05, 4.69) is 40.7 Å². The first-order valence-corrected chi connectivity index (χ1v) is 12.7. The molecule has 3 fully saturated rings. The number of hydrogen-bond donors (Lipinski definition) is 2. The van der Waals surface area contributed by atoms with Crippen LogP contribution in [0.15, 0.2) is 11.6 Å². The summed E-state index contributed by atoms with van der Waals surface area (Å²) in [4.78, 5) is 0. The molecule has 0 spiro atoms. The van der Waals surface area contributed by atoms with Crippen LogP contribution in [0.5, 0.6) is 0 Å². The van der Waals surface area contributed by atoms with Crippen LogP contribution in [0, 0.1) is 46.3 Å². The van der Waals surface area contributed by atoms with E-state index in [0.29, 0.717) is 18.3 Å². The Morgan fingerprint density at radius 2 is 1.72 bits per heavy atom. The normalized spacial score (nSPS) is 44.6. The smallest absolute Gasteiger partial charge is 0.166 e. The van der Waals surface area contributed by atoms with Crippen molar-refractivity contribution in [2.75, 3.05) is 0 Å². The first kappa shape index (κ1) is 21.9. The topological polar surface area (TPSA) is 40.5 Å². The van der Waals surface area contributed by atoms with Crippen molar-refractivity contribution in [3.05, 3.63) is 11.6 Å². The van der Waals surface area contributed by atoms with Gasteiger partial charge in [-0.2, -0.15) is 0 Å². The van der Waals surface area contributed by atoms with Crippen molar-refractivity contribution in [1.29, 1.82) is 0 Å². The number of allylic oxidation sites excluding steroid dienone is 1. The molecule has 4 rings (SSSR count). The highest BCUT2D eigenvalue weighted by atomic mass is 16.5. The molecule has 0 heterocycles. The van der Waals surface area contributed by atoms with Crippen molar-refractivity contribution >= 4 is 0 Å². The summed E-state index contributed by atoms with van der Waals surface area (Å²) in [7, 11) is 0. The second-order valence-corrected chi connectivity index (χ2v) is 12.4. The Hall–Kier alpha value is -0.340. The summed E-state index contributed by atoms with van der Waals surface area (Å²) in [5, 5.41) is 20.5. The maximum Gasteiger partial charge on any atom is 0.166 e. The van der Waals surface area contributed by atoms with Gasteiger partial charge in [-0.1, -0.05) is 65.5 Å². The van der Waals surface area contributed by atoms with Crippen molar-refractivity contribution in [1.82, 2.24) is 0 Å². The van der Waals surface area contributed by atoms with Gasteiger partial charge in [0.15, 0.2) is 5.79 Å². The highest BCUT2D eigenvalue weighted by Crippen LogP contribution is 2.67. The highest BCUT2D eigenvalue weighted by molar-refractivity contribution is 5.26. The number of rotatable bonds is 5. The second kappa shape index (κ2) is 7.66. The molecule has 3 saturated carbocycles. The molecule has 0 saturated heterocycles. The first-order valence-electron chi connectivity index (χ1n) is 12.7. The van der Waals surface area contributed by atoms with Crippen LogP contribution in [-0.4, -0.2) is 16.0 Å². The highest BCUT2D eigenvalue weighted by Gasteiger charge is 2.59. The van der Waals surface area contributed by atoms with Gasteiger partial charge >= 0.3 is 0 Å². The van der Waals surface area contributed by atoms with Gasteiger partial charge in [0.2, 0.25) is 0 Å². The number of aliphatic hydroxyl groups is 2. The largest absolute Gasteiger partial charge is 0.365 e. The van der Waals surface area contributed by atoms with Crippen LogP contribution in [0.1, 0.15) is 105 Å². The zero-order chi connectivity index (χ0) is 21.0. The van der Waals surface area contributed by atoms with E-state index >= 15 is 0 Å². The molecule has 4 aliphatic rings. The van der Waals surface area contributed by atoms with Crippen LogP contribution in [0.2, 0.25) is 0 Å². The second-order valence-electron chi connectivity index (χ2n) is 12.4. The third-order valence-electron chi connectivity index (χ3n) is 10.3. The molecule has 0 aliphatic heterocycles. The van der Waals surface area contributed by atoms with Crippen molar-refractivity contribution in [3.63, 3.8) is 0 Å². The van der Waals surface area contributed by atoms with Gasteiger partial charge in [0.05, 0.1) is 0 Å². The molecule has 2 heteroatoms. The van der Waals surface area contributed by atoms with Crippen LogP contribution >= 0.6 is 0 Å². The molecule has 0 radical (unpaired) electrons. The van der Waals surface area contributed by atoms with Crippen molar-refractivity contribution in [2.24, 2.45) is 46.3 Å². The third kappa shape index (κ3) is 3.75. The van der Waals surface area contributed by atoms with Gasteiger partial charge < -0.3 is 10.2 Å². The molecular weight excluding hydrogens is 356 g/mol. The van der Waals surface area contributed by atoms with Gasteiger partial charge in [-0.15, -0.1) is 0 Å². The Morgan fingerprint density at radius 3 is 2.45 bits per heavy atom. The summed E-state index contributed by atoms with van der Waals surface area (Å²) in [5.74, 6) is 3.60. The lowest BCUT2D eigenvalue weighted by molar-refractivity contribution is -0.189. The van der Waals surface area contributed by atoms with E-state index in [1.807, 2.05) is 0 Å². The van der Waals surface area contributed by atoms with E-state index in [-0.39, 0.29) is 5.41 Å². The van der Waals surface area contributed by atoms with E-state index in [9.17, 15) is 10.2 Å². The Morgan fingerprint density at radius 1 is 0.966 bits per heavy atom. The Kier molecular flexibility index (Phi) is 5.78. The third-order valence-corrected chi connectivity index (χ3v) is 10.3. The zero-order valence-corrected chi connectivity index (χ0v) is 19.7. The molecular formula is C27H46O2. The van der Waals surface area contributed by atoms with Crippen molar-refractivity contribution in [3.8, 4) is 0 Å². The van der Waals surface area contributed by atoms with E-state index in [0.717, 1.165) is 41.9 Å². The van der Waals surface area contributed by atoms with E-state index in [4.69, 9.17) is 0 Å². The fraction of sp³-hybridized carbons (Fsp3) is 0.926. The SMILES string of the molecule is CC(C)CCCC(C)C1CCC2C3CC=C4CC(O)(O)CCC4(C)C3CCC12C. The Labute approximate surface area is 179 Å². The molecule has 7 unspecified atom stereocenters. The van der Waals surface area contributed by atoms with Crippen LogP contribution in [0.4, 0.5) is 0 Å². The lowest BCUT2D eigenvalue weighted by atomic mass is 9.46. The maximum absolute atomic E-state index is 10.2. The Bertz CT molecular complexity index is 634. The molecule has 4 aliphatic carbocycles. The summed E-state index contributed by atoms with van der Waals surface area (Å²) < 4.78 is 0. The van der Waals surface area contributed by atoms with Crippen LogP contribution in [0.25, 0.3) is 0 Å². The van der Waals surface area contributed by atoms with Crippen LogP contribution < -0.4 is 0 Å². The van der Waals surface area contributed by atoms with Crippen molar-refractivity contribution in [2.45, 2.75) is 111 Å². The molecule has 0 aromatic carbocycles. The fourth-order valence-corrected chi connectivity index (χ4v) is 8.65. The Balaban J connectivity index is 1.50. The van der Waals surface area contributed by atoms with E-state index < -0.39 is 5.79 Å². The minimum Gasteiger partial charge on any atom is -0.365 e. The molecule has 29 heavy (non-hydrogen) atoms. The van der Waals surface area contributed by atoms with Gasteiger partial charge in [0, 0.05) is 12.8 Å². The summed E-state index contributed by atoms with van der Waals surface area (Å²) >= 11 is 0. The average Bonchev–Trinajstić information content (AvgIpc) is 2.99. The molecule has 0 aromatic heterocycles. The van der Waals surface area contributed by atoms with Crippen LogP contribution in [0.3, 0.4) is 0 Å². The van der Waals surface area contributed by atoms with Gasteiger partial charge in [0.1, 0.15) is 0 Å². The van der Waals surface area contributed by atoms with Gasteiger partial charge in [-0.05, 0) is 84.9 Å². The summed E-state index contributed by atoms with van der Waals surface area (Å²) in [6.07, 6.45) is 15.4. The molecule has 0 bridgehead atoms. The molecule has 0 amide bonds. The minimum atomic E-state index is -1.47. The molecule has 0 aromatic rings. The molecule has 2 N–H and O–H groups in total. The van der Waals surface area contributed by atoms with E-state index in [1.54, 1.807) is 0 Å². The zero-order valence-electron chi connectivity index (χ0n) is 19.7.